The van der Waals surface area contributed by atoms with Crippen LogP contribution in [0.1, 0.15) is 33.3 Å². The molecule has 118 valence electrons. The normalized spacial score (nSPS) is 19.6. The maximum Gasteiger partial charge on any atom is 0.495 e. The lowest BCUT2D eigenvalue weighted by molar-refractivity contribution is 0.00578. The molecule has 1 aliphatic heterocycles. The summed E-state index contributed by atoms with van der Waals surface area (Å²) in [5.74, 6) is -0.412. The minimum absolute atomic E-state index is 0.412. The van der Waals surface area contributed by atoms with E-state index in [0.717, 1.165) is 0 Å². The molecule has 1 fully saturated rings. The largest absolute Gasteiger partial charge is 0.495 e. The van der Waals surface area contributed by atoms with E-state index < -0.39 is 30.2 Å². The van der Waals surface area contributed by atoms with Crippen molar-refractivity contribution in [1.29, 1.82) is 0 Å². The van der Waals surface area contributed by atoms with Gasteiger partial charge in [-0.2, -0.15) is 5.10 Å². The molecule has 1 aromatic carbocycles. The Morgan fingerprint density at radius 3 is 2.45 bits per heavy atom. The van der Waals surface area contributed by atoms with E-state index in [1.165, 1.54) is 24.4 Å². The number of hydrazone groups is 1. The molecule has 0 aromatic heterocycles. The Hall–Kier alpha value is -1.93. The van der Waals surface area contributed by atoms with Gasteiger partial charge in [-0.25, -0.2) is 14.6 Å². The van der Waals surface area contributed by atoms with Gasteiger partial charge < -0.3 is 15.0 Å². The topological polar surface area (TPSA) is 85.9 Å². The lowest BCUT2D eigenvalue weighted by Crippen LogP contribution is -2.41. The van der Waals surface area contributed by atoms with Crippen molar-refractivity contribution in [2.45, 2.75) is 38.9 Å². The van der Waals surface area contributed by atoms with Gasteiger partial charge in [-0.15, -0.1) is 0 Å². The van der Waals surface area contributed by atoms with Crippen LogP contribution < -0.4 is 16.6 Å². The third kappa shape index (κ3) is 3.28. The average molecular weight is 307 g/mol. The fraction of sp³-hybridized carbons (Fsp3) is 0.429. The Morgan fingerprint density at radius 2 is 1.91 bits per heavy atom. The molecule has 0 saturated carbocycles. The summed E-state index contributed by atoms with van der Waals surface area (Å²) in [6.45, 7) is 7.65. The van der Waals surface area contributed by atoms with Crippen LogP contribution in [0.4, 0.5) is 9.18 Å². The van der Waals surface area contributed by atoms with Gasteiger partial charge in [-0.05, 0) is 50.9 Å². The summed E-state index contributed by atoms with van der Waals surface area (Å²) in [6, 6.07) is 3.37. The predicted octanol–water partition coefficient (Wildman–Crippen LogP) is 1.13. The Balaban J connectivity index is 2.33. The molecular formula is C14H19BFN3O3. The number of nitrogens with zero attached hydrogens (tertiary/aromatic N) is 1. The van der Waals surface area contributed by atoms with E-state index in [9.17, 15) is 9.18 Å². The van der Waals surface area contributed by atoms with Crippen LogP contribution >= 0.6 is 0 Å². The molecule has 22 heavy (non-hydrogen) atoms. The summed E-state index contributed by atoms with van der Waals surface area (Å²) in [5.41, 5.74) is 7.01. The predicted molar refractivity (Wildman–Crippen MR) is 82.4 cm³/mol. The number of carbonyl (C=O) groups is 1. The van der Waals surface area contributed by atoms with Crippen LogP contribution in [0.5, 0.6) is 0 Å². The maximum atomic E-state index is 13.6. The van der Waals surface area contributed by atoms with Crippen molar-refractivity contribution in [3.8, 4) is 0 Å². The van der Waals surface area contributed by atoms with Crippen molar-refractivity contribution in [2.24, 2.45) is 10.8 Å². The number of hydrogen-bond donors (Lipinski definition) is 2. The Morgan fingerprint density at radius 1 is 1.32 bits per heavy atom. The highest BCUT2D eigenvalue weighted by Gasteiger charge is 2.52. The quantitative estimate of drug-likeness (QED) is 0.498. The van der Waals surface area contributed by atoms with Crippen molar-refractivity contribution in [2.75, 3.05) is 0 Å². The summed E-state index contributed by atoms with van der Waals surface area (Å²) >= 11 is 0. The van der Waals surface area contributed by atoms with E-state index >= 15 is 0 Å². The first-order chi connectivity index (χ1) is 10.1. The SMILES string of the molecule is CC1(C)OB(c2cc(F)ccc2C=NNC(N)=O)OC1(C)C. The molecule has 6 nitrogen and oxygen atoms in total. The zero-order valence-electron chi connectivity index (χ0n) is 13.0. The summed E-state index contributed by atoms with van der Waals surface area (Å²) < 4.78 is 25.4. The van der Waals surface area contributed by atoms with Crippen LogP contribution in [0.2, 0.25) is 0 Å². The number of primary amides is 1. The molecule has 0 atom stereocenters. The molecule has 0 unspecified atom stereocenters. The summed E-state index contributed by atoms with van der Waals surface area (Å²) in [5, 5.41) is 3.69. The summed E-state index contributed by atoms with van der Waals surface area (Å²) in [7, 11) is -0.726. The number of nitrogens with one attached hydrogen (secondary N) is 1. The van der Waals surface area contributed by atoms with Gasteiger partial charge in [0, 0.05) is 0 Å². The number of rotatable bonds is 3. The summed E-state index contributed by atoms with van der Waals surface area (Å²) in [6.07, 6.45) is 1.37. The molecule has 3 N–H and O–H groups in total. The molecule has 8 heteroatoms. The maximum absolute atomic E-state index is 13.6. The van der Waals surface area contributed by atoms with E-state index in [1.54, 1.807) is 0 Å². The van der Waals surface area contributed by atoms with Gasteiger partial charge in [-0.1, -0.05) is 6.07 Å². The molecule has 1 aliphatic rings. The minimum Gasteiger partial charge on any atom is -0.399 e. The van der Waals surface area contributed by atoms with Crippen molar-refractivity contribution in [3.05, 3.63) is 29.6 Å². The molecule has 1 saturated heterocycles. The second-order valence-electron chi connectivity index (χ2n) is 6.10. The van der Waals surface area contributed by atoms with Crippen LogP contribution in [0.3, 0.4) is 0 Å². The Kier molecular flexibility index (Phi) is 4.26. The van der Waals surface area contributed by atoms with Crippen LogP contribution in [0, 0.1) is 5.82 Å². The van der Waals surface area contributed by atoms with Gasteiger partial charge in [0.2, 0.25) is 0 Å². The molecule has 1 aromatic rings. The Labute approximate surface area is 129 Å². The highest BCUT2D eigenvalue weighted by Crippen LogP contribution is 2.36. The van der Waals surface area contributed by atoms with Crippen LogP contribution in [0.15, 0.2) is 23.3 Å². The second-order valence-corrected chi connectivity index (χ2v) is 6.10. The van der Waals surface area contributed by atoms with E-state index in [2.05, 4.69) is 10.5 Å². The molecule has 1 heterocycles. The van der Waals surface area contributed by atoms with E-state index in [1.807, 2.05) is 27.7 Å². The number of nitrogens with two attached hydrogens (primary N) is 1. The second kappa shape index (κ2) is 5.70. The van der Waals surface area contributed by atoms with Gasteiger partial charge >= 0.3 is 13.1 Å². The number of hydrogen-bond acceptors (Lipinski definition) is 4. The zero-order chi connectivity index (χ0) is 16.5. The number of halogens is 1. The summed E-state index contributed by atoms with van der Waals surface area (Å²) in [4.78, 5) is 10.6. The molecular weight excluding hydrogens is 288 g/mol. The number of amides is 2. The van der Waals surface area contributed by atoms with Crippen molar-refractivity contribution in [1.82, 2.24) is 5.43 Å². The lowest BCUT2D eigenvalue weighted by Gasteiger charge is -2.32. The van der Waals surface area contributed by atoms with Gasteiger partial charge in [-0.3, -0.25) is 0 Å². The smallest absolute Gasteiger partial charge is 0.399 e. The van der Waals surface area contributed by atoms with Crippen LogP contribution in [0.25, 0.3) is 0 Å². The Bertz CT molecular complexity index is 603. The van der Waals surface area contributed by atoms with Gasteiger partial charge in [0.15, 0.2) is 0 Å². The zero-order valence-corrected chi connectivity index (χ0v) is 13.0. The van der Waals surface area contributed by atoms with E-state index in [-0.39, 0.29) is 0 Å². The number of carbonyl (C=O) groups excluding carboxylic acids is 1. The number of benzene rings is 1. The van der Waals surface area contributed by atoms with Crippen molar-refractivity contribution < 1.29 is 18.5 Å². The molecule has 2 amide bonds. The van der Waals surface area contributed by atoms with Crippen LogP contribution in [-0.2, 0) is 9.31 Å². The average Bonchev–Trinajstić information content (AvgIpc) is 2.59. The monoisotopic (exact) mass is 307 g/mol. The highest BCUT2D eigenvalue weighted by atomic mass is 19.1. The van der Waals surface area contributed by atoms with Gasteiger partial charge in [0.25, 0.3) is 0 Å². The molecule has 0 radical (unpaired) electrons. The fourth-order valence-electron chi connectivity index (χ4n) is 2.00. The first-order valence-corrected chi connectivity index (χ1v) is 6.86. The van der Waals surface area contributed by atoms with E-state index in [4.69, 9.17) is 15.0 Å². The molecule has 0 aliphatic carbocycles. The van der Waals surface area contributed by atoms with Gasteiger partial charge in [0.1, 0.15) is 5.82 Å². The first-order valence-electron chi connectivity index (χ1n) is 6.86. The standard InChI is InChI=1S/C14H19BFN3O3/c1-13(2)14(3,4)22-15(21-13)11-7-10(16)6-5-9(11)8-18-19-12(17)20/h5-8H,1-4H3,(H3,17,19,20). The first kappa shape index (κ1) is 16.4. The van der Waals surface area contributed by atoms with Crippen molar-refractivity contribution >= 4 is 24.8 Å². The fourth-order valence-corrected chi connectivity index (χ4v) is 2.00. The third-order valence-electron chi connectivity index (χ3n) is 3.93. The molecule has 0 spiro atoms. The third-order valence-corrected chi connectivity index (χ3v) is 3.93. The minimum atomic E-state index is -0.782. The molecule has 2 rings (SSSR count). The van der Waals surface area contributed by atoms with Gasteiger partial charge in [0.05, 0.1) is 17.4 Å². The van der Waals surface area contributed by atoms with E-state index in [0.29, 0.717) is 11.0 Å². The molecule has 0 bridgehead atoms. The number of urea groups is 1. The highest BCUT2D eigenvalue weighted by molar-refractivity contribution is 6.63. The van der Waals surface area contributed by atoms with Crippen molar-refractivity contribution in [3.63, 3.8) is 0 Å². The lowest BCUT2D eigenvalue weighted by atomic mass is 9.76. The van der Waals surface area contributed by atoms with Crippen LogP contribution in [-0.4, -0.2) is 30.6 Å².